The van der Waals surface area contributed by atoms with Gasteiger partial charge in [-0.3, -0.25) is 19.8 Å². The Kier molecular flexibility index (Phi) is 5.17. The molecule has 2 aliphatic rings. The van der Waals surface area contributed by atoms with Gasteiger partial charge in [0.25, 0.3) is 11.6 Å². The number of ether oxygens (including phenoxy) is 1. The number of non-ortho nitro benzene ring substituents is 1. The lowest BCUT2D eigenvalue weighted by Gasteiger charge is -2.44. The number of para-hydroxylation sites is 1. The number of rotatable bonds is 4. The Morgan fingerprint density at radius 3 is 2.08 bits per heavy atom. The summed E-state index contributed by atoms with van der Waals surface area (Å²) in [7, 11) is 7.87. The Balaban J connectivity index is 1.73. The molecule has 1 amide bonds. The van der Waals surface area contributed by atoms with E-state index in [1.54, 1.807) is 17.0 Å². The van der Waals surface area contributed by atoms with Gasteiger partial charge in [0.2, 0.25) is 0 Å². The van der Waals surface area contributed by atoms with Crippen molar-refractivity contribution < 1.29 is 14.5 Å². The molecule has 0 fully saturated rings. The van der Waals surface area contributed by atoms with Gasteiger partial charge in [-0.05, 0) is 42.5 Å². The smallest absolute Gasteiger partial charge is 0.269 e. The standard InChI is InChI=1S/C30H26N4O4/c1-31(2)21-13-15-23-26(17-21)30(33(29(23)35)19-9-11-20(12-10-19)34(36)37)24-7-5-6-8-27(24)38-28-18-22(32(3)4)14-16-25(28)30/h5-18H,1-4H3. The van der Waals surface area contributed by atoms with E-state index in [4.69, 9.17) is 4.74 Å². The Morgan fingerprint density at radius 1 is 0.763 bits per heavy atom. The summed E-state index contributed by atoms with van der Waals surface area (Å²) >= 11 is 0. The summed E-state index contributed by atoms with van der Waals surface area (Å²) in [6.07, 6.45) is 0. The number of anilines is 3. The van der Waals surface area contributed by atoms with Crippen molar-refractivity contribution in [3.63, 3.8) is 0 Å². The lowest BCUT2D eigenvalue weighted by atomic mass is 9.74. The maximum atomic E-state index is 14.3. The molecule has 38 heavy (non-hydrogen) atoms. The van der Waals surface area contributed by atoms with Gasteiger partial charge in [0.15, 0.2) is 0 Å². The van der Waals surface area contributed by atoms with Crippen LogP contribution < -0.4 is 19.4 Å². The minimum absolute atomic E-state index is 0.0368. The average molecular weight is 507 g/mol. The van der Waals surface area contributed by atoms with Gasteiger partial charge in [-0.1, -0.05) is 24.3 Å². The number of benzene rings is 4. The highest BCUT2D eigenvalue weighted by Crippen LogP contribution is 2.59. The highest BCUT2D eigenvalue weighted by molar-refractivity contribution is 6.14. The van der Waals surface area contributed by atoms with E-state index in [-0.39, 0.29) is 11.6 Å². The lowest BCUT2D eigenvalue weighted by Crippen LogP contribution is -2.47. The van der Waals surface area contributed by atoms with Crippen LogP contribution in [-0.2, 0) is 5.54 Å². The predicted octanol–water partition coefficient (Wildman–Crippen LogP) is 5.78. The number of nitro groups is 1. The highest BCUT2D eigenvalue weighted by Gasteiger charge is 2.57. The third kappa shape index (κ3) is 3.19. The third-order valence-corrected chi connectivity index (χ3v) is 7.37. The van der Waals surface area contributed by atoms with E-state index >= 15 is 0 Å². The van der Waals surface area contributed by atoms with E-state index in [9.17, 15) is 14.9 Å². The molecule has 8 heteroatoms. The van der Waals surface area contributed by atoms with Crippen LogP contribution in [0, 0.1) is 10.1 Å². The number of fused-ring (bicyclic) bond motifs is 6. The van der Waals surface area contributed by atoms with Crippen molar-refractivity contribution in [1.82, 2.24) is 0 Å². The molecular weight excluding hydrogens is 480 g/mol. The van der Waals surface area contributed by atoms with Crippen LogP contribution in [0.1, 0.15) is 27.0 Å². The molecular formula is C30H26N4O4. The van der Waals surface area contributed by atoms with Crippen molar-refractivity contribution in [2.75, 3.05) is 42.9 Å². The van der Waals surface area contributed by atoms with Crippen molar-refractivity contribution in [2.45, 2.75) is 5.54 Å². The average Bonchev–Trinajstić information content (AvgIpc) is 3.16. The van der Waals surface area contributed by atoms with Crippen molar-refractivity contribution in [3.8, 4) is 11.5 Å². The summed E-state index contributed by atoms with van der Waals surface area (Å²) < 4.78 is 6.45. The summed E-state index contributed by atoms with van der Waals surface area (Å²) in [5, 5.41) is 11.4. The largest absolute Gasteiger partial charge is 0.456 e. The normalized spacial score (nSPS) is 16.9. The second kappa shape index (κ2) is 8.34. The number of carbonyl (C=O) groups excluding carboxylic acids is 1. The first kappa shape index (κ1) is 23.5. The van der Waals surface area contributed by atoms with Crippen LogP contribution in [0.4, 0.5) is 22.7 Å². The van der Waals surface area contributed by atoms with Gasteiger partial charge in [-0.15, -0.1) is 0 Å². The maximum Gasteiger partial charge on any atom is 0.269 e. The first-order chi connectivity index (χ1) is 18.2. The van der Waals surface area contributed by atoms with Crippen molar-refractivity contribution in [2.24, 2.45) is 0 Å². The predicted molar refractivity (Wildman–Crippen MR) is 148 cm³/mol. The van der Waals surface area contributed by atoms with Crippen LogP contribution in [0.5, 0.6) is 11.5 Å². The third-order valence-electron chi connectivity index (χ3n) is 7.37. The molecule has 6 rings (SSSR count). The Hall–Kier alpha value is -4.85. The number of carbonyl (C=O) groups is 1. The molecule has 0 aliphatic carbocycles. The maximum absolute atomic E-state index is 14.3. The van der Waals surface area contributed by atoms with E-state index in [1.165, 1.54) is 12.1 Å². The molecule has 1 unspecified atom stereocenters. The molecule has 190 valence electrons. The molecule has 4 aromatic rings. The minimum atomic E-state index is -1.05. The van der Waals surface area contributed by atoms with Gasteiger partial charge < -0.3 is 14.5 Å². The van der Waals surface area contributed by atoms with Crippen LogP contribution in [-0.4, -0.2) is 39.0 Å². The molecule has 4 aromatic carbocycles. The van der Waals surface area contributed by atoms with Gasteiger partial charge in [0.1, 0.15) is 17.0 Å². The van der Waals surface area contributed by atoms with E-state index in [0.717, 1.165) is 28.1 Å². The lowest BCUT2D eigenvalue weighted by molar-refractivity contribution is -0.384. The van der Waals surface area contributed by atoms with Gasteiger partial charge in [0, 0.05) is 85.7 Å². The van der Waals surface area contributed by atoms with E-state index in [2.05, 4.69) is 6.07 Å². The van der Waals surface area contributed by atoms with Crippen LogP contribution in [0.25, 0.3) is 0 Å². The molecule has 0 bridgehead atoms. The van der Waals surface area contributed by atoms with E-state index in [0.29, 0.717) is 22.7 Å². The summed E-state index contributed by atoms with van der Waals surface area (Å²) in [4.78, 5) is 31.0. The van der Waals surface area contributed by atoms with Crippen LogP contribution in [0.2, 0.25) is 0 Å². The summed E-state index contributed by atoms with van der Waals surface area (Å²) in [6.45, 7) is 0. The highest BCUT2D eigenvalue weighted by atomic mass is 16.6. The van der Waals surface area contributed by atoms with E-state index < -0.39 is 10.5 Å². The van der Waals surface area contributed by atoms with Crippen LogP contribution in [0.3, 0.4) is 0 Å². The van der Waals surface area contributed by atoms with Gasteiger partial charge in [0.05, 0.1) is 4.92 Å². The first-order valence-electron chi connectivity index (χ1n) is 12.2. The van der Waals surface area contributed by atoms with Crippen LogP contribution >= 0.6 is 0 Å². The van der Waals surface area contributed by atoms with Gasteiger partial charge in [-0.2, -0.15) is 0 Å². The number of nitrogens with zero attached hydrogens (tertiary/aromatic N) is 4. The molecule has 0 aromatic heterocycles. The van der Waals surface area contributed by atoms with Gasteiger partial charge in [-0.25, -0.2) is 0 Å². The zero-order valence-corrected chi connectivity index (χ0v) is 21.5. The molecule has 0 N–H and O–H groups in total. The molecule has 2 aliphatic heterocycles. The Bertz CT molecular complexity index is 1610. The SMILES string of the molecule is CN(C)c1ccc2c(c1)Oc1ccccc1C21c2cc(N(C)C)ccc2C(=O)N1c1ccc([N+](=O)[O-])cc1. The summed E-state index contributed by atoms with van der Waals surface area (Å²) in [5.74, 6) is 1.12. The summed E-state index contributed by atoms with van der Waals surface area (Å²) in [6, 6.07) is 25.8. The van der Waals surface area contributed by atoms with Crippen LogP contribution in [0.15, 0.2) is 84.9 Å². The summed E-state index contributed by atoms with van der Waals surface area (Å²) in [5.41, 5.74) is 4.45. The fourth-order valence-electron chi connectivity index (χ4n) is 5.55. The van der Waals surface area contributed by atoms with Crippen molar-refractivity contribution in [3.05, 3.63) is 117 Å². The number of hydrogen-bond acceptors (Lipinski definition) is 6. The number of hydrogen-bond donors (Lipinski definition) is 0. The molecule has 0 radical (unpaired) electrons. The first-order valence-corrected chi connectivity index (χ1v) is 12.2. The molecule has 1 spiro atoms. The monoisotopic (exact) mass is 506 g/mol. The van der Waals surface area contributed by atoms with Crippen molar-refractivity contribution >= 4 is 28.7 Å². The minimum Gasteiger partial charge on any atom is -0.456 e. The molecule has 0 saturated heterocycles. The topological polar surface area (TPSA) is 79.2 Å². The second-order valence-electron chi connectivity index (χ2n) is 9.92. The molecule has 2 heterocycles. The molecule has 8 nitrogen and oxygen atoms in total. The number of amides is 1. The molecule has 0 saturated carbocycles. The van der Waals surface area contributed by atoms with E-state index in [1.807, 2.05) is 92.6 Å². The zero-order chi connectivity index (χ0) is 26.8. The zero-order valence-electron chi connectivity index (χ0n) is 21.5. The fraction of sp³-hybridized carbons (Fsp3) is 0.167. The molecule has 1 atom stereocenters. The second-order valence-corrected chi connectivity index (χ2v) is 9.92. The quantitative estimate of drug-likeness (QED) is 0.258. The fourth-order valence-corrected chi connectivity index (χ4v) is 5.55. The van der Waals surface area contributed by atoms with Gasteiger partial charge >= 0.3 is 0 Å². The number of nitro benzene ring substituents is 1. The Labute approximate surface area is 220 Å². The van der Waals surface area contributed by atoms with Crippen molar-refractivity contribution in [1.29, 1.82) is 0 Å². The Morgan fingerprint density at radius 2 is 1.39 bits per heavy atom.